The van der Waals surface area contributed by atoms with E-state index < -0.39 is 0 Å². The van der Waals surface area contributed by atoms with Crippen LogP contribution >= 0.6 is 11.3 Å². The highest BCUT2D eigenvalue weighted by molar-refractivity contribution is 7.18. The molecule has 2 aromatic heterocycles. The van der Waals surface area contributed by atoms with Crippen LogP contribution in [-0.2, 0) is 7.05 Å². The zero-order valence-corrected chi connectivity index (χ0v) is 15.3. The molecule has 0 bridgehead atoms. The molecule has 4 aromatic rings. The monoisotopic (exact) mass is 366 g/mol. The van der Waals surface area contributed by atoms with Crippen molar-refractivity contribution in [3.63, 3.8) is 0 Å². The SMILES string of the molecule is Cn1cc2cc(-c3cc(F)c4nc(C5CCNCC5)sc4c3)ccc2n1. The van der Waals surface area contributed by atoms with Gasteiger partial charge in [0.05, 0.1) is 15.2 Å². The van der Waals surface area contributed by atoms with Crippen molar-refractivity contribution < 1.29 is 4.39 Å². The van der Waals surface area contributed by atoms with Crippen molar-refractivity contribution in [1.82, 2.24) is 20.1 Å². The van der Waals surface area contributed by atoms with Gasteiger partial charge in [0.1, 0.15) is 5.52 Å². The molecule has 6 heteroatoms. The van der Waals surface area contributed by atoms with E-state index in [9.17, 15) is 4.39 Å². The van der Waals surface area contributed by atoms with Crippen LogP contribution < -0.4 is 5.32 Å². The minimum absolute atomic E-state index is 0.236. The van der Waals surface area contributed by atoms with E-state index in [1.165, 1.54) is 0 Å². The first kappa shape index (κ1) is 15.9. The van der Waals surface area contributed by atoms with Gasteiger partial charge in [-0.2, -0.15) is 5.10 Å². The van der Waals surface area contributed by atoms with Crippen LogP contribution in [0.1, 0.15) is 23.8 Å². The summed E-state index contributed by atoms with van der Waals surface area (Å²) in [5.41, 5.74) is 3.35. The minimum Gasteiger partial charge on any atom is -0.317 e. The van der Waals surface area contributed by atoms with Gasteiger partial charge >= 0.3 is 0 Å². The van der Waals surface area contributed by atoms with Crippen molar-refractivity contribution in [3.05, 3.63) is 47.4 Å². The van der Waals surface area contributed by atoms with Gasteiger partial charge in [-0.15, -0.1) is 11.3 Å². The van der Waals surface area contributed by atoms with E-state index in [4.69, 9.17) is 0 Å². The Bertz CT molecular complexity index is 1110. The molecule has 0 spiro atoms. The molecule has 1 saturated heterocycles. The summed E-state index contributed by atoms with van der Waals surface area (Å²) in [6.45, 7) is 2.03. The molecule has 1 aliphatic rings. The van der Waals surface area contributed by atoms with Gasteiger partial charge in [-0.25, -0.2) is 9.37 Å². The van der Waals surface area contributed by atoms with E-state index in [-0.39, 0.29) is 5.82 Å². The summed E-state index contributed by atoms with van der Waals surface area (Å²) in [5.74, 6) is 0.212. The summed E-state index contributed by atoms with van der Waals surface area (Å²) in [7, 11) is 1.91. The summed E-state index contributed by atoms with van der Waals surface area (Å²) in [6.07, 6.45) is 4.13. The number of nitrogens with zero attached hydrogens (tertiary/aromatic N) is 3. The number of hydrogen-bond donors (Lipinski definition) is 1. The highest BCUT2D eigenvalue weighted by Gasteiger charge is 2.20. The number of hydrogen-bond acceptors (Lipinski definition) is 4. The normalized spacial score (nSPS) is 15.9. The fourth-order valence-electron chi connectivity index (χ4n) is 3.74. The summed E-state index contributed by atoms with van der Waals surface area (Å²) >= 11 is 1.64. The van der Waals surface area contributed by atoms with Gasteiger partial charge in [0.2, 0.25) is 0 Å². The maximum absolute atomic E-state index is 14.7. The van der Waals surface area contributed by atoms with Crippen LogP contribution in [-0.4, -0.2) is 27.9 Å². The van der Waals surface area contributed by atoms with Crippen LogP contribution in [0.4, 0.5) is 4.39 Å². The van der Waals surface area contributed by atoms with E-state index >= 15 is 0 Å². The summed E-state index contributed by atoms with van der Waals surface area (Å²) in [4.78, 5) is 4.63. The third-order valence-corrected chi connectivity index (χ3v) is 6.27. The lowest BCUT2D eigenvalue weighted by atomic mass is 9.99. The standard InChI is InChI=1S/C20H19FN4S/c1-25-11-15-8-13(2-3-17(15)24-25)14-9-16(21)19-18(10-14)26-20(23-19)12-4-6-22-7-5-12/h2-3,8-12,22H,4-7H2,1H3. The van der Waals surface area contributed by atoms with Crippen LogP contribution in [0, 0.1) is 5.82 Å². The number of halogens is 1. The van der Waals surface area contributed by atoms with Crippen LogP contribution in [0.25, 0.3) is 32.2 Å². The van der Waals surface area contributed by atoms with Gasteiger partial charge in [-0.1, -0.05) is 6.07 Å². The maximum atomic E-state index is 14.7. The topological polar surface area (TPSA) is 42.7 Å². The molecule has 5 rings (SSSR count). The smallest absolute Gasteiger partial charge is 0.150 e. The summed E-state index contributed by atoms with van der Waals surface area (Å²) < 4.78 is 17.5. The summed E-state index contributed by atoms with van der Waals surface area (Å²) in [6, 6.07) is 9.73. The number of benzene rings is 2. The molecule has 0 unspecified atom stereocenters. The number of rotatable bonds is 2. The number of nitrogens with one attached hydrogen (secondary N) is 1. The molecule has 1 aliphatic heterocycles. The predicted octanol–water partition coefficient (Wildman–Crippen LogP) is 4.46. The van der Waals surface area contributed by atoms with Crippen LogP contribution in [0.3, 0.4) is 0 Å². The van der Waals surface area contributed by atoms with E-state index in [0.29, 0.717) is 11.4 Å². The van der Waals surface area contributed by atoms with Crippen molar-refractivity contribution in [2.45, 2.75) is 18.8 Å². The molecule has 0 saturated carbocycles. The maximum Gasteiger partial charge on any atom is 0.150 e. The second-order valence-corrected chi connectivity index (χ2v) is 8.02. The Morgan fingerprint density at radius 1 is 1.15 bits per heavy atom. The Kier molecular flexibility index (Phi) is 3.76. The van der Waals surface area contributed by atoms with Gasteiger partial charge in [0, 0.05) is 24.5 Å². The van der Waals surface area contributed by atoms with Crippen molar-refractivity contribution >= 4 is 32.5 Å². The van der Waals surface area contributed by atoms with Gasteiger partial charge in [0.15, 0.2) is 5.82 Å². The van der Waals surface area contributed by atoms with E-state index in [1.807, 2.05) is 25.4 Å². The lowest BCUT2D eigenvalue weighted by molar-refractivity contribution is 0.459. The molecule has 0 atom stereocenters. The van der Waals surface area contributed by atoms with Gasteiger partial charge < -0.3 is 5.32 Å². The molecule has 4 nitrogen and oxygen atoms in total. The Morgan fingerprint density at radius 3 is 2.85 bits per heavy atom. The largest absolute Gasteiger partial charge is 0.317 e. The van der Waals surface area contributed by atoms with E-state index in [0.717, 1.165) is 57.7 Å². The number of aromatic nitrogens is 3. The molecule has 132 valence electrons. The second kappa shape index (κ2) is 6.14. The van der Waals surface area contributed by atoms with E-state index in [2.05, 4.69) is 27.5 Å². The first-order valence-corrected chi connectivity index (χ1v) is 9.73. The highest BCUT2D eigenvalue weighted by atomic mass is 32.1. The summed E-state index contributed by atoms with van der Waals surface area (Å²) in [5, 5.41) is 9.90. The second-order valence-electron chi connectivity index (χ2n) is 6.96. The Hall–Kier alpha value is -2.31. The molecule has 1 N–H and O–H groups in total. The molecule has 1 fully saturated rings. The Balaban J connectivity index is 1.58. The van der Waals surface area contributed by atoms with E-state index in [1.54, 1.807) is 22.1 Å². The van der Waals surface area contributed by atoms with Crippen LogP contribution in [0.15, 0.2) is 36.5 Å². The Labute approximate surface area is 154 Å². The molecular weight excluding hydrogens is 347 g/mol. The predicted molar refractivity (Wildman–Crippen MR) is 104 cm³/mol. The van der Waals surface area contributed by atoms with Crippen LogP contribution in [0.2, 0.25) is 0 Å². The quantitative estimate of drug-likeness (QED) is 0.570. The molecule has 26 heavy (non-hydrogen) atoms. The fourth-order valence-corrected chi connectivity index (χ4v) is 4.93. The van der Waals surface area contributed by atoms with Crippen molar-refractivity contribution in [3.8, 4) is 11.1 Å². The molecule has 3 heterocycles. The average Bonchev–Trinajstić information content (AvgIpc) is 3.24. The first-order chi connectivity index (χ1) is 12.7. The zero-order valence-electron chi connectivity index (χ0n) is 14.5. The van der Waals surface area contributed by atoms with Gasteiger partial charge in [-0.3, -0.25) is 4.68 Å². The number of thiazole rings is 1. The Morgan fingerprint density at radius 2 is 2.00 bits per heavy atom. The van der Waals surface area contributed by atoms with Crippen molar-refractivity contribution in [2.75, 3.05) is 13.1 Å². The molecular formula is C20H19FN4S. The number of aryl methyl sites for hydroxylation is 1. The number of fused-ring (bicyclic) bond motifs is 2. The minimum atomic E-state index is -0.236. The third kappa shape index (κ3) is 2.70. The first-order valence-electron chi connectivity index (χ1n) is 8.92. The third-order valence-electron chi connectivity index (χ3n) is 5.11. The molecule has 2 aromatic carbocycles. The lowest BCUT2D eigenvalue weighted by Crippen LogP contribution is -2.26. The van der Waals surface area contributed by atoms with Gasteiger partial charge in [-0.05, 0) is 61.3 Å². The average molecular weight is 366 g/mol. The lowest BCUT2D eigenvalue weighted by Gasteiger charge is -2.20. The zero-order chi connectivity index (χ0) is 17.7. The van der Waals surface area contributed by atoms with Crippen molar-refractivity contribution in [1.29, 1.82) is 0 Å². The van der Waals surface area contributed by atoms with Crippen LogP contribution in [0.5, 0.6) is 0 Å². The number of piperidine rings is 1. The molecule has 0 aliphatic carbocycles. The van der Waals surface area contributed by atoms with Crippen molar-refractivity contribution in [2.24, 2.45) is 7.05 Å². The molecule has 0 amide bonds. The molecule has 0 radical (unpaired) electrons. The highest BCUT2D eigenvalue weighted by Crippen LogP contribution is 2.36. The fraction of sp³-hybridized carbons (Fsp3) is 0.300. The van der Waals surface area contributed by atoms with Gasteiger partial charge in [0.25, 0.3) is 0 Å².